The van der Waals surface area contributed by atoms with Crippen molar-refractivity contribution in [3.8, 4) is 0 Å². The zero-order valence-electron chi connectivity index (χ0n) is 6.43. The standard InChI is InChI=1S/C7H8.2ClH.3FH/c1-7-5-3-2-4-6-7;;;;;/h2-6H,1H3;5*1H. The van der Waals surface area contributed by atoms with E-state index >= 15 is 0 Å². The molecule has 0 aliphatic rings. The van der Waals surface area contributed by atoms with Crippen LogP contribution in [0.3, 0.4) is 0 Å². The largest absolute Gasteiger partial charge is 0.269 e. The molecule has 0 heterocycles. The molecule has 1 rings (SSSR count). The van der Waals surface area contributed by atoms with Gasteiger partial charge in [0.05, 0.1) is 0 Å². The molecular formula is C7H13Cl2F3. The normalized spacial score (nSPS) is 5.08. The Morgan fingerprint density at radius 2 is 1.08 bits per heavy atom. The molecule has 0 aromatic heterocycles. The predicted molar refractivity (Wildman–Crippen MR) is 53.2 cm³/mol. The lowest BCUT2D eigenvalue weighted by atomic mass is 10.2. The monoisotopic (exact) mass is 224 g/mol. The molecule has 0 radical (unpaired) electrons. The Labute approximate surface area is 82.3 Å². The van der Waals surface area contributed by atoms with Crippen LogP contribution in [0.25, 0.3) is 0 Å². The Morgan fingerprint density at radius 3 is 1.25 bits per heavy atom. The third-order valence-corrected chi connectivity index (χ3v) is 0.940. The van der Waals surface area contributed by atoms with Gasteiger partial charge in [-0.2, -0.15) is 0 Å². The molecule has 0 bridgehead atoms. The summed E-state index contributed by atoms with van der Waals surface area (Å²) in [4.78, 5) is 0. The van der Waals surface area contributed by atoms with Gasteiger partial charge in [0.15, 0.2) is 0 Å². The van der Waals surface area contributed by atoms with Gasteiger partial charge in [0.1, 0.15) is 0 Å². The first kappa shape index (κ1) is 29.9. The van der Waals surface area contributed by atoms with Gasteiger partial charge in [-0.3, -0.25) is 14.1 Å². The van der Waals surface area contributed by atoms with Crippen molar-refractivity contribution in [1.82, 2.24) is 0 Å². The van der Waals surface area contributed by atoms with Crippen LogP contribution in [0, 0.1) is 6.92 Å². The van der Waals surface area contributed by atoms with E-state index in [-0.39, 0.29) is 38.9 Å². The molecule has 0 nitrogen and oxygen atoms in total. The van der Waals surface area contributed by atoms with Gasteiger partial charge in [0, 0.05) is 0 Å². The lowest BCUT2D eigenvalue weighted by Crippen LogP contribution is -1.62. The maximum Gasteiger partial charge on any atom is -0.0398 e. The third-order valence-electron chi connectivity index (χ3n) is 0.940. The van der Waals surface area contributed by atoms with Crippen LogP contribution in [0.1, 0.15) is 5.56 Å². The summed E-state index contributed by atoms with van der Waals surface area (Å²) in [5.41, 5.74) is 1.32. The SMILES string of the molecule is Cc1ccccc1.Cl.Cl.F.F.F. The smallest absolute Gasteiger partial charge is 0.0398 e. The Morgan fingerprint density at radius 1 is 0.750 bits per heavy atom. The van der Waals surface area contributed by atoms with Gasteiger partial charge in [-0.25, -0.2) is 0 Å². The van der Waals surface area contributed by atoms with Gasteiger partial charge >= 0.3 is 0 Å². The fraction of sp³-hybridized carbons (Fsp3) is 0.143. The van der Waals surface area contributed by atoms with E-state index in [4.69, 9.17) is 0 Å². The second-order valence-corrected chi connectivity index (χ2v) is 1.65. The summed E-state index contributed by atoms with van der Waals surface area (Å²) in [6.45, 7) is 2.08. The van der Waals surface area contributed by atoms with Crippen molar-refractivity contribution in [3.63, 3.8) is 0 Å². The molecule has 0 saturated heterocycles. The first-order valence-corrected chi connectivity index (χ1v) is 2.41. The van der Waals surface area contributed by atoms with Crippen LogP contribution in [0.4, 0.5) is 14.1 Å². The van der Waals surface area contributed by atoms with Crippen molar-refractivity contribution >= 4 is 24.8 Å². The van der Waals surface area contributed by atoms with Crippen LogP contribution in [-0.4, -0.2) is 0 Å². The highest BCUT2D eigenvalue weighted by atomic mass is 35.5. The average Bonchev–Trinajstić information content (AvgIpc) is 1.69. The van der Waals surface area contributed by atoms with Crippen molar-refractivity contribution in [2.24, 2.45) is 0 Å². The van der Waals surface area contributed by atoms with Gasteiger partial charge in [-0.15, -0.1) is 24.8 Å². The van der Waals surface area contributed by atoms with E-state index in [1.807, 2.05) is 18.2 Å². The van der Waals surface area contributed by atoms with Gasteiger partial charge in [-0.05, 0) is 6.92 Å². The van der Waals surface area contributed by atoms with E-state index in [2.05, 4.69) is 19.1 Å². The summed E-state index contributed by atoms with van der Waals surface area (Å²) >= 11 is 0. The quantitative estimate of drug-likeness (QED) is 0.635. The number of benzene rings is 1. The molecular weight excluding hydrogens is 212 g/mol. The molecule has 76 valence electrons. The zero-order valence-corrected chi connectivity index (χ0v) is 8.06. The fourth-order valence-electron chi connectivity index (χ4n) is 0.534. The lowest BCUT2D eigenvalue weighted by molar-refractivity contribution is 1.11. The van der Waals surface area contributed by atoms with Crippen LogP contribution in [0.5, 0.6) is 0 Å². The molecule has 0 aliphatic carbocycles. The van der Waals surface area contributed by atoms with E-state index in [9.17, 15) is 0 Å². The Bertz CT molecular complexity index is 147. The van der Waals surface area contributed by atoms with Gasteiger partial charge < -0.3 is 0 Å². The predicted octanol–water partition coefficient (Wildman–Crippen LogP) is 3.30. The Kier molecular flexibility index (Phi) is 42.2. The molecule has 1 aromatic carbocycles. The van der Waals surface area contributed by atoms with Crippen LogP contribution in [0.15, 0.2) is 30.3 Å². The molecule has 12 heavy (non-hydrogen) atoms. The summed E-state index contributed by atoms with van der Waals surface area (Å²) in [6, 6.07) is 10.3. The fourth-order valence-corrected chi connectivity index (χ4v) is 0.534. The molecule has 1 aromatic rings. The van der Waals surface area contributed by atoms with Crippen LogP contribution in [0.2, 0.25) is 0 Å². The van der Waals surface area contributed by atoms with Crippen molar-refractivity contribution in [3.05, 3.63) is 35.9 Å². The molecule has 0 atom stereocenters. The third kappa shape index (κ3) is 12.3. The van der Waals surface area contributed by atoms with Crippen molar-refractivity contribution < 1.29 is 14.1 Å². The lowest BCUT2D eigenvalue weighted by Gasteiger charge is -1.82. The minimum absolute atomic E-state index is 0. The molecule has 0 spiro atoms. The molecule has 0 saturated carbocycles. The van der Waals surface area contributed by atoms with E-state index in [0.717, 1.165) is 0 Å². The van der Waals surface area contributed by atoms with Gasteiger partial charge in [0.2, 0.25) is 0 Å². The first-order valence-electron chi connectivity index (χ1n) is 2.41. The molecule has 0 fully saturated rings. The summed E-state index contributed by atoms with van der Waals surface area (Å²) in [7, 11) is 0. The molecule has 0 amide bonds. The van der Waals surface area contributed by atoms with Crippen LogP contribution < -0.4 is 0 Å². The van der Waals surface area contributed by atoms with E-state index in [1.54, 1.807) is 0 Å². The average molecular weight is 225 g/mol. The van der Waals surface area contributed by atoms with Crippen molar-refractivity contribution in [2.45, 2.75) is 6.92 Å². The number of halogens is 5. The number of hydrogen-bond donors (Lipinski definition) is 0. The minimum Gasteiger partial charge on any atom is -0.269 e. The van der Waals surface area contributed by atoms with Gasteiger partial charge in [0.25, 0.3) is 0 Å². The Hall–Kier alpha value is -0.410. The van der Waals surface area contributed by atoms with Gasteiger partial charge in [-0.1, -0.05) is 35.9 Å². The Balaban J connectivity index is -0.0000000327. The van der Waals surface area contributed by atoms with E-state index in [1.165, 1.54) is 5.56 Å². The second-order valence-electron chi connectivity index (χ2n) is 1.65. The van der Waals surface area contributed by atoms with Crippen LogP contribution >= 0.6 is 24.8 Å². The van der Waals surface area contributed by atoms with Crippen LogP contribution in [-0.2, 0) is 0 Å². The topological polar surface area (TPSA) is 0 Å². The maximum absolute atomic E-state index is 2.08. The molecule has 0 unspecified atom stereocenters. The van der Waals surface area contributed by atoms with Crippen molar-refractivity contribution in [1.29, 1.82) is 0 Å². The molecule has 5 heteroatoms. The summed E-state index contributed by atoms with van der Waals surface area (Å²) in [6.07, 6.45) is 0. The molecule has 0 aliphatic heterocycles. The second kappa shape index (κ2) is 16.9. The number of hydrogen-bond acceptors (Lipinski definition) is 0. The molecule has 0 N–H and O–H groups in total. The highest BCUT2D eigenvalue weighted by Crippen LogP contribution is 1.92. The zero-order chi connectivity index (χ0) is 5.11. The highest BCUT2D eigenvalue weighted by Gasteiger charge is 1.72. The minimum atomic E-state index is 0. The maximum atomic E-state index is 2.08. The van der Waals surface area contributed by atoms with E-state index in [0.29, 0.717) is 0 Å². The van der Waals surface area contributed by atoms with Crippen molar-refractivity contribution in [2.75, 3.05) is 0 Å². The number of rotatable bonds is 0. The number of aryl methyl sites for hydroxylation is 1. The van der Waals surface area contributed by atoms with E-state index < -0.39 is 0 Å². The first-order chi connectivity index (χ1) is 3.39. The highest BCUT2D eigenvalue weighted by molar-refractivity contribution is 5.85. The summed E-state index contributed by atoms with van der Waals surface area (Å²) in [5, 5.41) is 0. The summed E-state index contributed by atoms with van der Waals surface area (Å²) in [5.74, 6) is 0. The summed E-state index contributed by atoms with van der Waals surface area (Å²) < 4.78 is 0.